The van der Waals surface area contributed by atoms with E-state index in [1.54, 1.807) is 6.08 Å². The van der Waals surface area contributed by atoms with E-state index in [9.17, 15) is 46.0 Å². The van der Waals surface area contributed by atoms with Gasteiger partial charge in [-0.2, -0.15) is 0 Å². The first-order valence-electron chi connectivity index (χ1n) is 23.4. The Labute approximate surface area is 359 Å². The van der Waals surface area contributed by atoms with Crippen LogP contribution < -0.4 is 5.32 Å². The maximum Gasteiger partial charge on any atom is 0.160 e. The minimum absolute atomic E-state index is 0.0394. The van der Waals surface area contributed by atoms with Crippen molar-refractivity contribution in [2.24, 2.45) is 57.2 Å². The van der Waals surface area contributed by atoms with Gasteiger partial charge in [0.2, 0.25) is 0 Å². The van der Waals surface area contributed by atoms with Crippen molar-refractivity contribution in [1.29, 1.82) is 0 Å². The standard InChI is InChI=1S/C49H69NO11/c1-6-50-22-26-19-42(3)12-10-31(26)49(41(57)25(42)2)47(59,14-15-51)40-35(61-49)20-48(60)32-18-34(55)38-37-30-16-28(53)17-33(54)29(30)9-13-46(37,58)36(56)21-43(38,4)39(32)45(24-44(40,48)5)11-7-8-27(45)23-52/h16-19,25,27,31,35-41,50-54,56-60H,6-15,20-24H2,1-5H3/t25-,27+,31+,35+,36+,37+,38-,39+,40+,41+,42-,43+,44-,45+,46+,47-,48-,49+/m1/s1. The number of phenols is 2. The van der Waals surface area contributed by atoms with Crippen LogP contribution in [-0.2, 0) is 16.0 Å². The van der Waals surface area contributed by atoms with Gasteiger partial charge in [-0.05, 0) is 121 Å². The van der Waals surface area contributed by atoms with Gasteiger partial charge in [-0.25, -0.2) is 0 Å². The van der Waals surface area contributed by atoms with E-state index in [4.69, 9.17) is 4.74 Å². The number of aromatic hydroxyl groups is 2. The molecule has 61 heavy (non-hydrogen) atoms. The molecular weight excluding hydrogens is 779 g/mol. The lowest BCUT2D eigenvalue weighted by Gasteiger charge is -2.70. The summed E-state index contributed by atoms with van der Waals surface area (Å²) in [5, 5.41) is 113. The number of phenolic OH excluding ortho intramolecular Hbond substituents is 2. The SMILES string of the molecule is CCNCC1=C[C@@]2(C)CC[C@@H]1[C@]1(O[C@H]3C[C@@]4(O)C5=CC(=O)[C@@H]6[C@@H]7c8cc(O)cc(O)c8CC[C@]7(O)[C@@H](O)C[C@]6(C)[C@H]5[C@@]5(CCC[C@H]5CO)C[C@]4(C)[C@H]3[C@]1(O)CCO)[C@@H](O)[C@H]2C. The van der Waals surface area contributed by atoms with Crippen molar-refractivity contribution in [3.63, 3.8) is 0 Å². The van der Waals surface area contributed by atoms with Gasteiger partial charge in [0.15, 0.2) is 5.78 Å². The molecule has 10 aliphatic rings. The smallest absolute Gasteiger partial charge is 0.160 e. The van der Waals surface area contributed by atoms with Crippen molar-refractivity contribution < 1.29 is 55.5 Å². The topological polar surface area (TPSA) is 220 Å². The number of ether oxygens (including phenoxy) is 1. The summed E-state index contributed by atoms with van der Waals surface area (Å²) >= 11 is 0. The zero-order valence-electron chi connectivity index (χ0n) is 36.5. The Morgan fingerprint density at radius 1 is 0.967 bits per heavy atom. The summed E-state index contributed by atoms with van der Waals surface area (Å²) in [6.07, 6.45) is 5.07. The van der Waals surface area contributed by atoms with Crippen molar-refractivity contribution in [3.05, 3.63) is 46.6 Å². The summed E-state index contributed by atoms with van der Waals surface area (Å²) in [6.45, 7) is 11.0. The number of rotatable bonds is 6. The molecular formula is C49H69NO11. The van der Waals surface area contributed by atoms with E-state index in [-0.39, 0.29) is 85.8 Å². The number of aliphatic hydroxyl groups excluding tert-OH is 4. The molecule has 0 aromatic heterocycles. The van der Waals surface area contributed by atoms with Gasteiger partial charge in [-0.1, -0.05) is 52.7 Å². The number of hydrogen-bond acceptors (Lipinski definition) is 12. The van der Waals surface area contributed by atoms with Crippen LogP contribution in [0.2, 0.25) is 0 Å². The number of benzene rings is 1. The molecule has 1 saturated heterocycles. The van der Waals surface area contributed by atoms with Gasteiger partial charge in [0.25, 0.3) is 0 Å². The van der Waals surface area contributed by atoms with Crippen LogP contribution in [0.5, 0.6) is 11.5 Å². The molecule has 1 aliphatic heterocycles. The van der Waals surface area contributed by atoms with Crippen LogP contribution in [0.3, 0.4) is 0 Å². The molecule has 1 aromatic carbocycles. The number of carbonyl (C=O) groups excluding carboxylic acids is 1. The Bertz CT molecular complexity index is 2090. The van der Waals surface area contributed by atoms with Crippen molar-refractivity contribution in [2.45, 2.75) is 152 Å². The molecule has 0 unspecified atom stereocenters. The summed E-state index contributed by atoms with van der Waals surface area (Å²) < 4.78 is 7.44. The second-order valence-electron chi connectivity index (χ2n) is 22.5. The van der Waals surface area contributed by atoms with Gasteiger partial charge >= 0.3 is 0 Å². The van der Waals surface area contributed by atoms with E-state index < -0.39 is 80.6 Å². The molecule has 0 amide bonds. The third-order valence-electron chi connectivity index (χ3n) is 20.2. The third kappa shape index (κ3) is 4.90. The van der Waals surface area contributed by atoms with Crippen molar-refractivity contribution >= 4 is 5.78 Å². The minimum atomic E-state index is -1.81. The number of nitrogens with one attached hydrogen (secondary N) is 1. The van der Waals surface area contributed by atoms with E-state index >= 15 is 4.79 Å². The lowest BCUT2D eigenvalue weighted by molar-refractivity contribution is -0.256. The molecule has 2 bridgehead atoms. The largest absolute Gasteiger partial charge is 0.508 e. The first-order valence-corrected chi connectivity index (χ1v) is 23.4. The summed E-state index contributed by atoms with van der Waals surface area (Å²) in [6, 6.07) is 2.77. The molecule has 9 aliphatic carbocycles. The number of hydrogen-bond donors (Lipinski definition) is 10. The van der Waals surface area contributed by atoms with Crippen LogP contribution in [0, 0.1) is 57.2 Å². The zero-order chi connectivity index (χ0) is 43.7. The molecule has 11 rings (SSSR count). The Morgan fingerprint density at radius 3 is 2.43 bits per heavy atom. The second kappa shape index (κ2) is 13.3. The molecule has 5 saturated carbocycles. The normalized spacial score (nSPS) is 52.8. The molecule has 18 atom stereocenters. The lowest BCUT2D eigenvalue weighted by atomic mass is 9.35. The summed E-state index contributed by atoms with van der Waals surface area (Å²) in [5.74, 6) is -4.75. The van der Waals surface area contributed by atoms with Gasteiger partial charge in [0, 0.05) is 67.8 Å². The highest BCUT2D eigenvalue weighted by molar-refractivity contribution is 5.96. The fourth-order valence-electron chi connectivity index (χ4n) is 17.8. The Kier molecular flexibility index (Phi) is 9.31. The van der Waals surface area contributed by atoms with E-state index in [0.29, 0.717) is 48.9 Å². The van der Waals surface area contributed by atoms with Gasteiger partial charge in [-0.3, -0.25) is 4.79 Å². The number of fused-ring (bicyclic) bond motifs is 14. The molecule has 336 valence electrons. The van der Waals surface area contributed by atoms with Crippen molar-refractivity contribution in [1.82, 2.24) is 5.32 Å². The van der Waals surface area contributed by atoms with E-state index in [0.717, 1.165) is 25.0 Å². The third-order valence-corrected chi connectivity index (χ3v) is 20.2. The quantitative estimate of drug-likeness (QED) is 0.186. The van der Waals surface area contributed by atoms with Crippen LogP contribution >= 0.6 is 0 Å². The Hall–Kier alpha value is -2.39. The number of aliphatic hydroxyl groups is 7. The summed E-state index contributed by atoms with van der Waals surface area (Å²) in [5.41, 5.74) is -7.49. The van der Waals surface area contributed by atoms with Crippen LogP contribution in [0.15, 0.2) is 35.4 Å². The maximum atomic E-state index is 15.3. The summed E-state index contributed by atoms with van der Waals surface area (Å²) in [7, 11) is 0. The maximum absolute atomic E-state index is 15.3. The van der Waals surface area contributed by atoms with Crippen LogP contribution in [0.25, 0.3) is 0 Å². The van der Waals surface area contributed by atoms with Crippen LogP contribution in [0.1, 0.15) is 116 Å². The predicted octanol–water partition coefficient (Wildman–Crippen LogP) is 3.52. The fraction of sp³-hybridized carbons (Fsp3) is 0.776. The molecule has 12 nitrogen and oxygen atoms in total. The second-order valence-corrected chi connectivity index (χ2v) is 22.5. The number of carbonyl (C=O) groups is 1. The predicted molar refractivity (Wildman–Crippen MR) is 224 cm³/mol. The van der Waals surface area contributed by atoms with Gasteiger partial charge in [0.1, 0.15) is 22.7 Å². The van der Waals surface area contributed by atoms with Gasteiger partial charge in [0.05, 0.1) is 29.5 Å². The molecule has 2 spiro atoms. The molecule has 1 heterocycles. The molecule has 12 heteroatoms. The Balaban J connectivity index is 1.17. The van der Waals surface area contributed by atoms with Crippen molar-refractivity contribution in [2.75, 3.05) is 26.3 Å². The van der Waals surface area contributed by atoms with E-state index in [1.165, 1.54) is 12.1 Å². The highest BCUT2D eigenvalue weighted by atomic mass is 16.6. The number of allylic oxidation sites excluding steroid dienone is 2. The average molecular weight is 848 g/mol. The van der Waals surface area contributed by atoms with E-state index in [2.05, 4.69) is 18.3 Å². The van der Waals surface area contributed by atoms with Crippen molar-refractivity contribution in [3.8, 4) is 11.5 Å². The first kappa shape index (κ1) is 42.6. The monoisotopic (exact) mass is 847 g/mol. The number of likely N-dealkylation sites (N-methyl/N-ethyl adjacent to an activating group) is 1. The molecule has 0 radical (unpaired) electrons. The zero-order valence-corrected chi connectivity index (χ0v) is 36.5. The van der Waals surface area contributed by atoms with Crippen LogP contribution in [-0.4, -0.2) is 119 Å². The van der Waals surface area contributed by atoms with E-state index in [1.807, 2.05) is 27.7 Å². The molecule has 6 fully saturated rings. The molecule has 1 aromatic rings. The summed E-state index contributed by atoms with van der Waals surface area (Å²) in [4.78, 5) is 15.3. The number of ketones is 1. The Morgan fingerprint density at radius 2 is 1.72 bits per heavy atom. The average Bonchev–Trinajstić information content (AvgIpc) is 3.75. The molecule has 10 N–H and O–H groups in total. The minimum Gasteiger partial charge on any atom is -0.508 e. The van der Waals surface area contributed by atoms with Gasteiger partial charge in [-0.15, -0.1) is 0 Å². The first-order chi connectivity index (χ1) is 28.7. The highest BCUT2D eigenvalue weighted by Gasteiger charge is 2.85. The lowest BCUT2D eigenvalue weighted by Crippen LogP contribution is -2.73. The van der Waals surface area contributed by atoms with Gasteiger partial charge < -0.3 is 56.0 Å². The highest BCUT2D eigenvalue weighted by Crippen LogP contribution is 2.80. The van der Waals surface area contributed by atoms with Crippen LogP contribution in [0.4, 0.5) is 0 Å². The fourth-order valence-corrected chi connectivity index (χ4v) is 17.8.